The van der Waals surface area contributed by atoms with Crippen LogP contribution in [0, 0.1) is 11.3 Å². The molecule has 1 saturated carbocycles. The van der Waals surface area contributed by atoms with Crippen LogP contribution in [0.4, 0.5) is 0 Å². The molecule has 15 heavy (non-hydrogen) atoms. The molecule has 0 spiro atoms. The molecular weight excluding hydrogens is 226 g/mol. The van der Waals surface area contributed by atoms with Gasteiger partial charge in [-0.15, -0.1) is 24.2 Å². The topological polar surface area (TPSA) is 23.8 Å². The van der Waals surface area contributed by atoms with Gasteiger partial charge >= 0.3 is 0 Å². The Morgan fingerprint density at radius 2 is 2.20 bits per heavy atom. The fraction of sp³-hybridized carbons (Fsp3) is 0.417. The highest BCUT2D eigenvalue weighted by Gasteiger charge is 2.29. The average Bonchev–Trinajstić information content (AvgIpc) is 2.64. The van der Waals surface area contributed by atoms with Crippen molar-refractivity contribution >= 4 is 24.2 Å². The Bertz CT molecular complexity index is 411. The molecule has 0 bridgehead atoms. The van der Waals surface area contributed by atoms with E-state index in [1.807, 2.05) is 18.2 Å². The Hall–Kier alpha value is -0.650. The Morgan fingerprint density at radius 1 is 1.40 bits per heavy atom. The minimum Gasteiger partial charge on any atom is -0.192 e. The van der Waals surface area contributed by atoms with E-state index in [-0.39, 0.29) is 5.38 Å². The summed E-state index contributed by atoms with van der Waals surface area (Å²) < 4.78 is 0. The third-order valence-electron chi connectivity index (χ3n) is 3.01. The van der Waals surface area contributed by atoms with Crippen LogP contribution in [0.15, 0.2) is 23.1 Å². The quantitative estimate of drug-likeness (QED) is 0.584. The Kier molecular flexibility index (Phi) is 3.23. The standard InChI is InChI=1S/C12H12ClNS/c13-10-5-2-4-9(10)12-8(7-14)3-1-6-11(12)15/h1,3,6,9-10,15H,2,4-5H2. The van der Waals surface area contributed by atoms with Crippen molar-refractivity contribution in [3.63, 3.8) is 0 Å². The van der Waals surface area contributed by atoms with Crippen molar-refractivity contribution in [1.82, 2.24) is 0 Å². The molecule has 0 heterocycles. The van der Waals surface area contributed by atoms with Crippen LogP contribution in [0.5, 0.6) is 0 Å². The van der Waals surface area contributed by atoms with Gasteiger partial charge in [-0.05, 0) is 30.5 Å². The molecule has 2 unspecified atom stereocenters. The molecule has 0 aromatic heterocycles. The average molecular weight is 238 g/mol. The van der Waals surface area contributed by atoms with Crippen LogP contribution in [0.3, 0.4) is 0 Å². The molecule has 1 aromatic rings. The molecule has 3 heteroatoms. The number of nitrogens with zero attached hydrogens (tertiary/aromatic N) is 1. The Balaban J connectivity index is 2.47. The minimum atomic E-state index is 0.158. The molecule has 2 atom stereocenters. The van der Waals surface area contributed by atoms with Crippen LogP contribution >= 0.6 is 24.2 Å². The van der Waals surface area contributed by atoms with E-state index in [9.17, 15) is 0 Å². The highest BCUT2D eigenvalue weighted by Crippen LogP contribution is 2.41. The van der Waals surface area contributed by atoms with E-state index in [1.165, 1.54) is 0 Å². The summed E-state index contributed by atoms with van der Waals surface area (Å²) in [4.78, 5) is 0.895. The predicted octanol–water partition coefficient (Wildman–Crippen LogP) is 3.72. The lowest BCUT2D eigenvalue weighted by molar-refractivity contribution is 0.713. The molecule has 0 aliphatic heterocycles. The van der Waals surface area contributed by atoms with Crippen LogP contribution in [-0.2, 0) is 0 Å². The van der Waals surface area contributed by atoms with Gasteiger partial charge in [-0.3, -0.25) is 0 Å². The second-order valence-electron chi connectivity index (χ2n) is 3.90. The summed E-state index contributed by atoms with van der Waals surface area (Å²) in [6, 6.07) is 7.87. The van der Waals surface area contributed by atoms with E-state index < -0.39 is 0 Å². The summed E-state index contributed by atoms with van der Waals surface area (Å²) in [5.74, 6) is 0.301. The van der Waals surface area contributed by atoms with Crippen molar-refractivity contribution in [3.8, 4) is 6.07 Å². The van der Waals surface area contributed by atoms with Gasteiger partial charge in [0.25, 0.3) is 0 Å². The van der Waals surface area contributed by atoms with Crippen molar-refractivity contribution in [2.45, 2.75) is 35.5 Å². The van der Waals surface area contributed by atoms with E-state index >= 15 is 0 Å². The van der Waals surface area contributed by atoms with Crippen LogP contribution < -0.4 is 0 Å². The fourth-order valence-corrected chi connectivity index (χ4v) is 3.06. The van der Waals surface area contributed by atoms with Gasteiger partial charge in [0.2, 0.25) is 0 Å². The molecule has 0 N–H and O–H groups in total. The summed E-state index contributed by atoms with van der Waals surface area (Å²) in [7, 11) is 0. The predicted molar refractivity (Wildman–Crippen MR) is 64.6 cm³/mol. The summed E-state index contributed by atoms with van der Waals surface area (Å²) in [5.41, 5.74) is 1.76. The van der Waals surface area contributed by atoms with E-state index in [1.54, 1.807) is 0 Å². The normalized spacial score (nSPS) is 25.1. The SMILES string of the molecule is N#Cc1cccc(S)c1C1CCCC1Cl. The number of rotatable bonds is 1. The molecule has 1 aliphatic carbocycles. The summed E-state index contributed by atoms with van der Waals surface area (Å²) in [6.45, 7) is 0. The zero-order valence-corrected chi connectivity index (χ0v) is 9.93. The number of hydrogen-bond donors (Lipinski definition) is 1. The van der Waals surface area contributed by atoms with Crippen LogP contribution in [0.2, 0.25) is 0 Å². The van der Waals surface area contributed by atoms with E-state index in [4.69, 9.17) is 16.9 Å². The van der Waals surface area contributed by atoms with Gasteiger partial charge in [-0.2, -0.15) is 5.26 Å². The minimum absolute atomic E-state index is 0.158. The summed E-state index contributed by atoms with van der Waals surface area (Å²) in [5, 5.41) is 9.22. The smallest absolute Gasteiger partial charge is 0.0995 e. The number of thiol groups is 1. The molecule has 1 nitrogen and oxygen atoms in total. The van der Waals surface area contributed by atoms with Crippen LogP contribution in [0.25, 0.3) is 0 Å². The number of alkyl halides is 1. The maximum Gasteiger partial charge on any atom is 0.0995 e. The molecule has 1 aromatic carbocycles. The Labute approximate surface area is 100 Å². The lowest BCUT2D eigenvalue weighted by atomic mass is 9.93. The second-order valence-corrected chi connectivity index (χ2v) is 4.95. The highest BCUT2D eigenvalue weighted by molar-refractivity contribution is 7.80. The van der Waals surface area contributed by atoms with Crippen molar-refractivity contribution in [2.24, 2.45) is 0 Å². The Morgan fingerprint density at radius 3 is 2.80 bits per heavy atom. The maximum absolute atomic E-state index is 9.06. The lowest BCUT2D eigenvalue weighted by Gasteiger charge is -2.17. The van der Waals surface area contributed by atoms with Gasteiger partial charge in [0.15, 0.2) is 0 Å². The monoisotopic (exact) mass is 237 g/mol. The first-order valence-corrected chi connectivity index (χ1v) is 5.98. The number of halogens is 1. The van der Waals surface area contributed by atoms with Crippen LogP contribution in [0.1, 0.15) is 36.3 Å². The molecule has 0 radical (unpaired) electrons. The molecule has 78 valence electrons. The summed E-state index contributed by atoms with van der Waals surface area (Å²) in [6.07, 6.45) is 3.26. The van der Waals surface area contributed by atoms with Crippen molar-refractivity contribution in [3.05, 3.63) is 29.3 Å². The van der Waals surface area contributed by atoms with Gasteiger partial charge in [0.1, 0.15) is 0 Å². The third-order valence-corrected chi connectivity index (χ3v) is 3.92. The zero-order chi connectivity index (χ0) is 10.8. The van der Waals surface area contributed by atoms with Crippen LogP contribution in [-0.4, -0.2) is 5.38 Å². The molecule has 1 aliphatic rings. The van der Waals surface area contributed by atoms with Gasteiger partial charge in [-0.1, -0.05) is 12.5 Å². The third kappa shape index (κ3) is 2.00. The first-order valence-electron chi connectivity index (χ1n) is 5.10. The van der Waals surface area contributed by atoms with Crippen molar-refractivity contribution in [2.75, 3.05) is 0 Å². The molecule has 0 amide bonds. The van der Waals surface area contributed by atoms with Gasteiger partial charge in [0.05, 0.1) is 11.6 Å². The number of nitriles is 1. The van der Waals surface area contributed by atoms with E-state index in [0.717, 1.165) is 35.3 Å². The van der Waals surface area contributed by atoms with Gasteiger partial charge in [-0.25, -0.2) is 0 Å². The van der Waals surface area contributed by atoms with Crippen molar-refractivity contribution < 1.29 is 0 Å². The number of hydrogen-bond acceptors (Lipinski definition) is 2. The molecule has 0 saturated heterocycles. The maximum atomic E-state index is 9.06. The first kappa shape index (κ1) is 10.9. The second kappa shape index (κ2) is 4.47. The van der Waals surface area contributed by atoms with E-state index in [2.05, 4.69) is 18.7 Å². The molecular formula is C12H12ClNS. The largest absolute Gasteiger partial charge is 0.192 e. The van der Waals surface area contributed by atoms with Crippen molar-refractivity contribution in [1.29, 1.82) is 5.26 Å². The fourth-order valence-electron chi connectivity index (χ4n) is 2.28. The summed E-state index contributed by atoms with van der Waals surface area (Å²) >= 11 is 10.7. The van der Waals surface area contributed by atoms with E-state index in [0.29, 0.717) is 5.92 Å². The van der Waals surface area contributed by atoms with Gasteiger partial charge in [0, 0.05) is 16.2 Å². The molecule has 1 fully saturated rings. The lowest BCUT2D eigenvalue weighted by Crippen LogP contribution is -2.08. The zero-order valence-electron chi connectivity index (χ0n) is 8.28. The highest BCUT2D eigenvalue weighted by atomic mass is 35.5. The first-order chi connectivity index (χ1) is 7.24. The molecule has 2 rings (SSSR count). The van der Waals surface area contributed by atoms with Gasteiger partial charge < -0.3 is 0 Å². The number of benzene rings is 1.